The fourth-order valence-electron chi connectivity index (χ4n) is 4.56. The highest BCUT2D eigenvalue weighted by atomic mass is 35.5. The van der Waals surface area contributed by atoms with Gasteiger partial charge in [0.25, 0.3) is 0 Å². The van der Waals surface area contributed by atoms with E-state index >= 15 is 0 Å². The fraction of sp³-hybridized carbons (Fsp3) is 0.286. The van der Waals surface area contributed by atoms with Gasteiger partial charge in [0, 0.05) is 36.8 Å². The van der Waals surface area contributed by atoms with Crippen molar-refractivity contribution in [3.63, 3.8) is 0 Å². The van der Waals surface area contributed by atoms with Crippen molar-refractivity contribution in [1.82, 2.24) is 20.3 Å². The number of anilines is 1. The number of carbonyl (C=O) groups excluding carboxylic acids is 1. The van der Waals surface area contributed by atoms with Crippen molar-refractivity contribution in [1.29, 1.82) is 0 Å². The summed E-state index contributed by atoms with van der Waals surface area (Å²) in [5, 5.41) is 8.60. The lowest BCUT2D eigenvalue weighted by molar-refractivity contribution is -0.116. The molecule has 2 N–H and O–H groups in total. The van der Waals surface area contributed by atoms with Crippen molar-refractivity contribution in [2.75, 3.05) is 18.4 Å². The predicted molar refractivity (Wildman–Crippen MR) is 148 cm³/mol. The molecule has 37 heavy (non-hydrogen) atoms. The third-order valence-electron chi connectivity index (χ3n) is 6.44. The maximum absolute atomic E-state index is 12.2. The molecule has 3 heterocycles. The number of hydrogen-bond acceptors (Lipinski definition) is 7. The normalized spacial score (nSPS) is 15.6. The number of nitrogens with one attached hydrogen (secondary N) is 2. The van der Waals surface area contributed by atoms with Crippen LogP contribution >= 0.6 is 23.2 Å². The number of Topliss-reactive ketones (excluding diaryl/α,β-unsaturated/α-hetero) is 1. The first-order chi connectivity index (χ1) is 18.0. The van der Waals surface area contributed by atoms with Crippen LogP contribution in [0.15, 0.2) is 60.9 Å². The van der Waals surface area contributed by atoms with E-state index in [-0.39, 0.29) is 12.2 Å². The molecule has 1 aliphatic heterocycles. The second-order valence-electron chi connectivity index (χ2n) is 9.08. The third kappa shape index (κ3) is 5.85. The number of pyridine rings is 1. The molecule has 0 unspecified atom stereocenters. The van der Waals surface area contributed by atoms with Gasteiger partial charge in [-0.05, 0) is 61.0 Å². The number of benzene rings is 2. The zero-order valence-electron chi connectivity index (χ0n) is 20.4. The van der Waals surface area contributed by atoms with Crippen molar-refractivity contribution < 1.29 is 9.53 Å². The van der Waals surface area contributed by atoms with Crippen molar-refractivity contribution in [2.45, 2.75) is 37.1 Å². The van der Waals surface area contributed by atoms with E-state index in [1.54, 1.807) is 12.4 Å². The second kappa shape index (κ2) is 11.4. The Kier molecular flexibility index (Phi) is 7.84. The summed E-state index contributed by atoms with van der Waals surface area (Å²) in [6.45, 7) is 3.91. The predicted octanol–water partition coefficient (Wildman–Crippen LogP) is 5.87. The maximum atomic E-state index is 12.2. The lowest BCUT2D eigenvalue weighted by Gasteiger charge is -2.23. The number of rotatable bonds is 8. The molecule has 2 aromatic heterocycles. The first-order valence-electron chi connectivity index (χ1n) is 12.2. The van der Waals surface area contributed by atoms with Gasteiger partial charge >= 0.3 is 0 Å². The molecule has 0 saturated carbocycles. The fourth-order valence-corrected chi connectivity index (χ4v) is 4.71. The highest BCUT2D eigenvalue weighted by molar-refractivity contribution is 6.53. The molecular weight excluding hydrogens is 509 g/mol. The minimum atomic E-state index is -1.06. The lowest BCUT2D eigenvalue weighted by atomic mass is 9.98. The van der Waals surface area contributed by atoms with E-state index in [2.05, 4.69) is 20.6 Å². The van der Waals surface area contributed by atoms with Gasteiger partial charge in [-0.25, -0.2) is 15.0 Å². The molecule has 1 saturated heterocycles. The van der Waals surface area contributed by atoms with Crippen LogP contribution in [0.5, 0.6) is 11.6 Å². The summed E-state index contributed by atoms with van der Waals surface area (Å²) < 4.78 is 6.47. The van der Waals surface area contributed by atoms with Gasteiger partial charge in [-0.3, -0.25) is 4.79 Å². The Balaban J connectivity index is 1.48. The largest absolute Gasteiger partial charge is 0.437 e. The Labute approximate surface area is 225 Å². The van der Waals surface area contributed by atoms with E-state index in [1.165, 1.54) is 0 Å². The Bertz CT molecular complexity index is 1420. The van der Waals surface area contributed by atoms with Crippen LogP contribution in [0.2, 0.25) is 0 Å². The maximum Gasteiger partial charge on any atom is 0.228 e. The van der Waals surface area contributed by atoms with E-state index < -0.39 is 4.84 Å². The summed E-state index contributed by atoms with van der Waals surface area (Å²) in [7, 11) is 0. The lowest BCUT2D eigenvalue weighted by Crippen LogP contribution is -2.38. The number of carbonyl (C=O) groups is 1. The third-order valence-corrected chi connectivity index (χ3v) is 6.93. The molecule has 0 aliphatic carbocycles. The topological polar surface area (TPSA) is 89.0 Å². The monoisotopic (exact) mass is 535 g/mol. The number of aromatic nitrogens is 3. The molecule has 1 aliphatic rings. The Morgan fingerprint density at radius 2 is 2.00 bits per heavy atom. The van der Waals surface area contributed by atoms with Gasteiger partial charge in [0.2, 0.25) is 11.8 Å². The van der Waals surface area contributed by atoms with Crippen LogP contribution in [0.25, 0.3) is 22.0 Å². The summed E-state index contributed by atoms with van der Waals surface area (Å²) in [5.74, 6) is 1.43. The number of nitrogens with zero attached hydrogens (tertiary/aromatic N) is 3. The molecule has 2 aromatic carbocycles. The molecule has 0 amide bonds. The molecule has 190 valence electrons. The highest BCUT2D eigenvalue weighted by Crippen LogP contribution is 2.37. The Morgan fingerprint density at radius 3 is 2.81 bits per heavy atom. The van der Waals surface area contributed by atoms with Crippen LogP contribution in [0.1, 0.15) is 24.0 Å². The molecule has 0 radical (unpaired) electrons. The van der Waals surface area contributed by atoms with Crippen molar-refractivity contribution in [3.05, 3.63) is 72.1 Å². The average molecular weight is 536 g/mol. The second-order valence-corrected chi connectivity index (χ2v) is 10.2. The molecule has 5 rings (SSSR count). The van der Waals surface area contributed by atoms with E-state index in [1.807, 2.05) is 55.5 Å². The van der Waals surface area contributed by atoms with Gasteiger partial charge in [-0.1, -0.05) is 53.5 Å². The van der Waals surface area contributed by atoms with Gasteiger partial charge < -0.3 is 15.4 Å². The zero-order chi connectivity index (χ0) is 25.8. The van der Waals surface area contributed by atoms with Crippen LogP contribution in [0.4, 0.5) is 5.95 Å². The number of aryl methyl sites for hydroxylation is 1. The van der Waals surface area contributed by atoms with Gasteiger partial charge in [0.15, 0.2) is 10.6 Å². The molecule has 0 spiro atoms. The van der Waals surface area contributed by atoms with Crippen molar-refractivity contribution in [3.8, 4) is 22.9 Å². The summed E-state index contributed by atoms with van der Waals surface area (Å²) in [6, 6.07) is 15.7. The average Bonchev–Trinajstić information content (AvgIpc) is 2.91. The first kappa shape index (κ1) is 25.4. The Hall–Kier alpha value is -3.26. The quantitative estimate of drug-likeness (QED) is 0.272. The summed E-state index contributed by atoms with van der Waals surface area (Å²) in [4.78, 5) is 24.9. The van der Waals surface area contributed by atoms with Crippen molar-refractivity contribution in [2.24, 2.45) is 0 Å². The standard InChI is InChI=1S/C28H27Cl2N5O2/c1-17-9-10-20-18(15-24(36)26(29)30)5-2-7-21(20)25(17)37-27-22(8-4-13-32-27)23-11-14-33-28(35-23)34-19-6-3-12-31-16-19/h2,4-5,7-11,13-14,19,26,31H,3,6,12,15-16H2,1H3,(H,33,34,35)/t19-/m0/s1. The number of ether oxygens (including phenoxy) is 1. The van der Waals surface area contributed by atoms with Gasteiger partial charge in [-0.2, -0.15) is 0 Å². The zero-order valence-corrected chi connectivity index (χ0v) is 21.9. The molecule has 7 nitrogen and oxygen atoms in total. The smallest absolute Gasteiger partial charge is 0.228 e. The number of fused-ring (bicyclic) bond motifs is 1. The van der Waals surface area contributed by atoms with Crippen LogP contribution in [0.3, 0.4) is 0 Å². The van der Waals surface area contributed by atoms with Crippen LogP contribution in [0, 0.1) is 6.92 Å². The van der Waals surface area contributed by atoms with Crippen LogP contribution in [-0.2, 0) is 11.2 Å². The van der Waals surface area contributed by atoms with E-state index in [0.717, 1.165) is 53.4 Å². The molecule has 0 bridgehead atoms. The van der Waals surface area contributed by atoms with E-state index in [9.17, 15) is 4.79 Å². The Morgan fingerprint density at radius 1 is 1.11 bits per heavy atom. The molecule has 1 fully saturated rings. The van der Waals surface area contributed by atoms with Crippen molar-refractivity contribution >= 4 is 45.7 Å². The van der Waals surface area contributed by atoms with Crippen LogP contribution in [-0.4, -0.2) is 44.7 Å². The molecular formula is C28H27Cl2N5O2. The van der Waals surface area contributed by atoms with E-state index in [4.69, 9.17) is 32.9 Å². The molecule has 4 aromatic rings. The summed E-state index contributed by atoms with van der Waals surface area (Å²) in [6.07, 6.45) is 5.77. The van der Waals surface area contributed by atoms with E-state index in [0.29, 0.717) is 29.3 Å². The SMILES string of the molecule is Cc1ccc2c(CC(=O)C(Cl)Cl)cccc2c1Oc1ncccc1-c1ccnc(N[C@H]2CCCNC2)n1. The van der Waals surface area contributed by atoms with Gasteiger partial charge in [0.1, 0.15) is 5.75 Å². The summed E-state index contributed by atoms with van der Waals surface area (Å²) in [5.41, 5.74) is 3.24. The van der Waals surface area contributed by atoms with Crippen LogP contribution < -0.4 is 15.4 Å². The van der Waals surface area contributed by atoms with Gasteiger partial charge in [0.05, 0.1) is 11.3 Å². The number of piperidine rings is 1. The molecule has 9 heteroatoms. The summed E-state index contributed by atoms with van der Waals surface area (Å²) >= 11 is 11.6. The highest BCUT2D eigenvalue weighted by Gasteiger charge is 2.19. The molecule has 1 atom stereocenters. The number of halogens is 2. The number of alkyl halides is 2. The number of hydrogen-bond donors (Lipinski definition) is 2. The van der Waals surface area contributed by atoms with Gasteiger partial charge in [-0.15, -0.1) is 0 Å². The minimum Gasteiger partial charge on any atom is -0.437 e. The first-order valence-corrected chi connectivity index (χ1v) is 13.1. The number of ketones is 1. The minimum absolute atomic E-state index is 0.138.